The zero-order valence-electron chi connectivity index (χ0n) is 7.19. The van der Waals surface area contributed by atoms with Crippen LogP contribution in [0.3, 0.4) is 0 Å². The molecule has 0 saturated heterocycles. The fourth-order valence-corrected chi connectivity index (χ4v) is 0.314. The van der Waals surface area contributed by atoms with E-state index in [0.29, 0.717) is 0 Å². The average Bonchev–Trinajstić information content (AvgIpc) is 1.99. The third-order valence-electron chi connectivity index (χ3n) is 0.962. The Morgan fingerprint density at radius 1 is 1.67 bits per heavy atom. The third kappa shape index (κ3) is 3.54. The Kier molecular flexibility index (Phi) is 3.31. The number of esters is 1. The summed E-state index contributed by atoms with van der Waals surface area (Å²) < 4.78 is 57.6. The monoisotopic (exact) mass is 190 g/mol. The average molecular weight is 190 g/mol. The highest BCUT2D eigenvalue weighted by Gasteiger charge is 2.42. The first-order valence-electron chi connectivity index (χ1n) is 3.60. The second-order valence-electron chi connectivity index (χ2n) is 1.96. The molecule has 0 amide bonds. The van der Waals surface area contributed by atoms with Crippen LogP contribution in [-0.4, -0.2) is 24.9 Å². The van der Waals surface area contributed by atoms with Crippen molar-refractivity contribution in [3.8, 4) is 0 Å². The molecule has 0 aromatic rings. The Labute approximate surface area is 67.9 Å². The van der Waals surface area contributed by atoms with E-state index in [4.69, 9.17) is 1.37 Å². The van der Waals surface area contributed by atoms with Gasteiger partial charge in [0.1, 0.15) is 0 Å². The first-order chi connectivity index (χ1) is 5.77. The van der Waals surface area contributed by atoms with Crippen LogP contribution in [-0.2, 0) is 9.53 Å². The van der Waals surface area contributed by atoms with Crippen molar-refractivity contribution in [2.24, 2.45) is 0 Å². The minimum atomic E-state index is -4.34. The number of hydrogen-bond donors (Lipinski definition) is 0. The standard InChI is InChI=1S/C6H8F4O2/c1-2-4(11)12-3-6(9,10)5(7)8/h5H,2-3H2,1H3/i2D,3+1. The summed E-state index contributed by atoms with van der Waals surface area (Å²) in [5.41, 5.74) is 0. The van der Waals surface area contributed by atoms with Crippen LogP contribution in [0.2, 0.25) is 0 Å². The SMILES string of the molecule is [2H]C(C)C(=O)O[13CH2]C(F)(F)C(F)F. The van der Waals surface area contributed by atoms with E-state index in [9.17, 15) is 22.4 Å². The van der Waals surface area contributed by atoms with Crippen molar-refractivity contribution in [3.05, 3.63) is 0 Å². The molecule has 0 radical (unpaired) electrons. The molecule has 0 aliphatic carbocycles. The molecule has 0 aromatic carbocycles. The summed E-state index contributed by atoms with van der Waals surface area (Å²) in [7, 11) is 0. The Morgan fingerprint density at radius 2 is 2.17 bits per heavy atom. The topological polar surface area (TPSA) is 26.3 Å². The van der Waals surface area contributed by atoms with Crippen LogP contribution in [0, 0.1) is 0 Å². The quantitative estimate of drug-likeness (QED) is 0.384. The second-order valence-corrected chi connectivity index (χ2v) is 1.96. The molecule has 2 nitrogen and oxygen atoms in total. The van der Waals surface area contributed by atoms with E-state index < -0.39 is 31.3 Å². The fourth-order valence-electron chi connectivity index (χ4n) is 0.314. The van der Waals surface area contributed by atoms with E-state index in [1.54, 1.807) is 0 Å². The van der Waals surface area contributed by atoms with Gasteiger partial charge in [-0.05, 0) is 0 Å². The number of alkyl halides is 4. The number of halogens is 4. The van der Waals surface area contributed by atoms with Crippen molar-refractivity contribution in [2.45, 2.75) is 25.7 Å². The van der Waals surface area contributed by atoms with Crippen LogP contribution >= 0.6 is 0 Å². The second kappa shape index (κ2) is 4.27. The van der Waals surface area contributed by atoms with E-state index in [2.05, 4.69) is 4.74 Å². The van der Waals surface area contributed by atoms with Crippen molar-refractivity contribution < 1.29 is 28.5 Å². The van der Waals surface area contributed by atoms with E-state index in [1.165, 1.54) is 0 Å². The van der Waals surface area contributed by atoms with Gasteiger partial charge in [0, 0.05) is 7.77 Å². The third-order valence-corrected chi connectivity index (χ3v) is 0.962. The van der Waals surface area contributed by atoms with Crippen LogP contribution in [0.25, 0.3) is 0 Å². The molecule has 0 spiro atoms. The molecule has 12 heavy (non-hydrogen) atoms. The molecule has 1 unspecified atom stereocenters. The van der Waals surface area contributed by atoms with Crippen LogP contribution in [0.4, 0.5) is 17.6 Å². The number of hydrogen-bond acceptors (Lipinski definition) is 2. The van der Waals surface area contributed by atoms with Crippen LogP contribution in [0.5, 0.6) is 0 Å². The van der Waals surface area contributed by atoms with Crippen molar-refractivity contribution in [2.75, 3.05) is 6.61 Å². The van der Waals surface area contributed by atoms with Gasteiger partial charge in [-0.3, -0.25) is 4.79 Å². The molecular weight excluding hydrogens is 181 g/mol. The lowest BCUT2D eigenvalue weighted by Gasteiger charge is -2.14. The molecule has 72 valence electrons. The summed E-state index contributed by atoms with van der Waals surface area (Å²) in [5, 5.41) is 0. The Balaban J connectivity index is 3.95. The molecule has 0 N–H and O–H groups in total. The maximum atomic E-state index is 12.1. The molecule has 0 rings (SSSR count). The summed E-state index contributed by atoms with van der Waals surface area (Å²) in [6.07, 6.45) is -5.23. The Bertz CT molecular complexity index is 183. The molecule has 0 saturated carbocycles. The highest BCUT2D eigenvalue weighted by Crippen LogP contribution is 2.22. The number of rotatable bonds is 4. The molecule has 0 heterocycles. The summed E-state index contributed by atoms with van der Waals surface area (Å²) in [6.45, 7) is -0.602. The van der Waals surface area contributed by atoms with Crippen molar-refractivity contribution >= 4 is 5.97 Å². The van der Waals surface area contributed by atoms with E-state index >= 15 is 0 Å². The molecule has 0 bridgehead atoms. The van der Waals surface area contributed by atoms with Gasteiger partial charge >= 0.3 is 18.3 Å². The summed E-state index contributed by atoms with van der Waals surface area (Å²) in [5.74, 6) is -5.59. The van der Waals surface area contributed by atoms with Gasteiger partial charge in [0.15, 0.2) is 6.61 Å². The highest BCUT2D eigenvalue weighted by molar-refractivity contribution is 5.68. The smallest absolute Gasteiger partial charge is 0.340 e. The largest absolute Gasteiger partial charge is 0.459 e. The van der Waals surface area contributed by atoms with Gasteiger partial charge in [-0.25, -0.2) is 8.78 Å². The molecule has 0 fully saturated rings. The van der Waals surface area contributed by atoms with E-state index in [1.807, 2.05) is 0 Å². The number of ether oxygens (including phenoxy) is 1. The first-order valence-corrected chi connectivity index (χ1v) is 3.02. The minimum Gasteiger partial charge on any atom is -0.459 e. The van der Waals surface area contributed by atoms with E-state index in [0.717, 1.165) is 6.92 Å². The van der Waals surface area contributed by atoms with Crippen LogP contribution in [0.1, 0.15) is 14.7 Å². The van der Waals surface area contributed by atoms with Gasteiger partial charge in [0.2, 0.25) is 0 Å². The van der Waals surface area contributed by atoms with Gasteiger partial charge < -0.3 is 4.74 Å². The fraction of sp³-hybridized carbons (Fsp3) is 0.833. The summed E-state index contributed by atoms with van der Waals surface area (Å²) in [4.78, 5) is 10.4. The zero-order chi connectivity index (χ0) is 10.6. The molecule has 0 aliphatic heterocycles. The van der Waals surface area contributed by atoms with Gasteiger partial charge in [0.05, 0.1) is 0 Å². The lowest BCUT2D eigenvalue weighted by molar-refractivity contribution is -0.179. The van der Waals surface area contributed by atoms with Crippen molar-refractivity contribution in [3.63, 3.8) is 0 Å². The van der Waals surface area contributed by atoms with Gasteiger partial charge in [-0.1, -0.05) is 6.92 Å². The Hall–Kier alpha value is -0.810. The summed E-state index contributed by atoms with van der Waals surface area (Å²) >= 11 is 0. The zero-order valence-corrected chi connectivity index (χ0v) is 6.19. The maximum Gasteiger partial charge on any atom is 0.340 e. The van der Waals surface area contributed by atoms with Gasteiger partial charge in [-0.2, -0.15) is 8.78 Å². The Morgan fingerprint density at radius 3 is 2.50 bits per heavy atom. The lowest BCUT2D eigenvalue weighted by atomic mass is 10.5. The maximum absolute atomic E-state index is 12.1. The number of carbonyl (C=O) groups is 1. The van der Waals surface area contributed by atoms with Crippen molar-refractivity contribution in [1.82, 2.24) is 0 Å². The highest BCUT2D eigenvalue weighted by atomic mass is 19.3. The van der Waals surface area contributed by atoms with Crippen LogP contribution < -0.4 is 0 Å². The minimum absolute atomic E-state index is 1.09. The predicted octanol–water partition coefficient (Wildman–Crippen LogP) is 1.84. The lowest BCUT2D eigenvalue weighted by Crippen LogP contribution is -2.33. The number of carbonyl (C=O) groups excluding carboxylic acids is 1. The summed E-state index contributed by atoms with van der Waals surface area (Å²) in [6, 6.07) is 0. The molecule has 1 atom stereocenters. The van der Waals surface area contributed by atoms with E-state index in [-0.39, 0.29) is 0 Å². The van der Waals surface area contributed by atoms with Gasteiger partial charge in [0.25, 0.3) is 0 Å². The van der Waals surface area contributed by atoms with Gasteiger partial charge in [-0.15, -0.1) is 0 Å². The predicted molar refractivity (Wildman–Crippen MR) is 32.2 cm³/mol. The molecule has 6 heteroatoms. The van der Waals surface area contributed by atoms with Crippen LogP contribution in [0.15, 0.2) is 0 Å². The molecule has 0 aromatic heterocycles. The normalized spacial score (nSPS) is 15.7. The van der Waals surface area contributed by atoms with Crippen molar-refractivity contribution in [1.29, 1.82) is 0 Å². The molecular formula is C6H8F4O2. The first kappa shape index (κ1) is 9.28. The molecule has 0 aliphatic rings.